The molecule has 0 radical (unpaired) electrons. The number of anilines is 1. The molecule has 1 spiro atoms. The van der Waals surface area contributed by atoms with Crippen LogP contribution in [0.25, 0.3) is 0 Å². The highest BCUT2D eigenvalue weighted by atomic mass is 35.5. The van der Waals surface area contributed by atoms with E-state index in [-0.39, 0.29) is 0 Å². The van der Waals surface area contributed by atoms with Crippen molar-refractivity contribution in [1.82, 2.24) is 0 Å². The SMILES string of the molecule is N#Cc1ccc(Cl)c(NC2CCC3(CCCC3)CC2)c1. The second-order valence-corrected chi connectivity index (χ2v) is 6.84. The Hall–Kier alpha value is -1.20. The molecule has 0 amide bonds. The van der Waals surface area contributed by atoms with E-state index in [2.05, 4.69) is 11.4 Å². The van der Waals surface area contributed by atoms with Gasteiger partial charge in [0.15, 0.2) is 0 Å². The molecule has 2 aliphatic rings. The van der Waals surface area contributed by atoms with E-state index in [4.69, 9.17) is 16.9 Å². The molecule has 0 aromatic heterocycles. The van der Waals surface area contributed by atoms with E-state index in [0.29, 0.717) is 22.0 Å². The van der Waals surface area contributed by atoms with E-state index < -0.39 is 0 Å². The monoisotopic (exact) mass is 288 g/mol. The fraction of sp³-hybridized carbons (Fsp3) is 0.588. The minimum atomic E-state index is 0.507. The lowest BCUT2D eigenvalue weighted by molar-refractivity contribution is 0.188. The number of nitrogens with one attached hydrogen (secondary N) is 1. The molecular formula is C17H21ClN2. The molecule has 3 rings (SSSR count). The highest BCUT2D eigenvalue weighted by molar-refractivity contribution is 6.33. The average Bonchev–Trinajstić information content (AvgIpc) is 2.92. The van der Waals surface area contributed by atoms with Gasteiger partial charge in [-0.05, 0) is 62.1 Å². The zero-order valence-electron chi connectivity index (χ0n) is 11.8. The molecule has 2 aliphatic carbocycles. The maximum absolute atomic E-state index is 8.98. The van der Waals surface area contributed by atoms with Crippen LogP contribution in [0.1, 0.15) is 56.9 Å². The maximum Gasteiger partial charge on any atom is 0.0992 e. The Labute approximate surface area is 126 Å². The first-order valence-corrected chi connectivity index (χ1v) is 8.05. The summed E-state index contributed by atoms with van der Waals surface area (Å²) in [5.74, 6) is 0. The third-order valence-electron chi connectivity index (χ3n) is 5.17. The van der Waals surface area contributed by atoms with Gasteiger partial charge in [0.2, 0.25) is 0 Å². The summed E-state index contributed by atoms with van der Waals surface area (Å²) in [6, 6.07) is 8.12. The second-order valence-electron chi connectivity index (χ2n) is 6.43. The molecule has 0 saturated heterocycles. The van der Waals surface area contributed by atoms with Crippen LogP contribution in [0.5, 0.6) is 0 Å². The van der Waals surface area contributed by atoms with Crippen molar-refractivity contribution < 1.29 is 0 Å². The van der Waals surface area contributed by atoms with Gasteiger partial charge in [-0.15, -0.1) is 0 Å². The molecule has 0 aliphatic heterocycles. The zero-order chi connectivity index (χ0) is 14.0. The molecule has 0 heterocycles. The first kappa shape index (κ1) is 13.8. The van der Waals surface area contributed by atoms with E-state index in [1.807, 2.05) is 12.1 Å². The zero-order valence-corrected chi connectivity index (χ0v) is 12.5. The Balaban J connectivity index is 1.63. The van der Waals surface area contributed by atoms with Crippen molar-refractivity contribution in [3.63, 3.8) is 0 Å². The molecule has 0 bridgehead atoms. The number of nitrogens with zero attached hydrogens (tertiary/aromatic N) is 1. The maximum atomic E-state index is 8.98. The van der Waals surface area contributed by atoms with Crippen molar-refractivity contribution in [2.24, 2.45) is 5.41 Å². The van der Waals surface area contributed by atoms with Crippen LogP contribution in [-0.4, -0.2) is 6.04 Å². The first-order chi connectivity index (χ1) is 9.71. The van der Waals surface area contributed by atoms with Gasteiger partial charge in [0.1, 0.15) is 0 Å². The minimum Gasteiger partial charge on any atom is -0.381 e. The molecular weight excluding hydrogens is 268 g/mol. The van der Waals surface area contributed by atoms with Gasteiger partial charge >= 0.3 is 0 Å². The molecule has 1 N–H and O–H groups in total. The van der Waals surface area contributed by atoms with Gasteiger partial charge in [0, 0.05) is 6.04 Å². The summed E-state index contributed by atoms with van der Waals surface area (Å²) in [4.78, 5) is 0. The Morgan fingerprint density at radius 2 is 1.85 bits per heavy atom. The number of hydrogen-bond donors (Lipinski definition) is 1. The topological polar surface area (TPSA) is 35.8 Å². The standard InChI is InChI=1S/C17H21ClN2/c18-15-4-3-13(12-19)11-16(15)20-14-5-9-17(10-6-14)7-1-2-8-17/h3-4,11,14,20H,1-2,5-10H2. The summed E-state index contributed by atoms with van der Waals surface area (Å²) in [6.07, 6.45) is 10.9. The van der Waals surface area contributed by atoms with E-state index in [1.54, 1.807) is 6.07 Å². The molecule has 0 atom stereocenters. The predicted octanol–water partition coefficient (Wildman–Crippen LogP) is 5.13. The smallest absolute Gasteiger partial charge is 0.0992 e. The largest absolute Gasteiger partial charge is 0.381 e. The van der Waals surface area contributed by atoms with Crippen LogP contribution in [-0.2, 0) is 0 Å². The average molecular weight is 289 g/mol. The molecule has 106 valence electrons. The summed E-state index contributed by atoms with van der Waals surface area (Å²) < 4.78 is 0. The summed E-state index contributed by atoms with van der Waals surface area (Å²) in [5.41, 5.74) is 2.24. The lowest BCUT2D eigenvalue weighted by Crippen LogP contribution is -2.31. The minimum absolute atomic E-state index is 0.507. The number of rotatable bonds is 2. The Bertz CT molecular complexity index is 516. The van der Waals surface area contributed by atoms with Crippen molar-refractivity contribution in [1.29, 1.82) is 5.26 Å². The van der Waals surface area contributed by atoms with Crippen molar-refractivity contribution in [2.75, 3.05) is 5.32 Å². The lowest BCUT2D eigenvalue weighted by Gasteiger charge is -2.38. The van der Waals surface area contributed by atoms with Crippen molar-refractivity contribution in [3.05, 3.63) is 28.8 Å². The summed E-state index contributed by atoms with van der Waals surface area (Å²) >= 11 is 6.22. The number of halogens is 1. The van der Waals surface area contributed by atoms with E-state index in [1.165, 1.54) is 51.4 Å². The number of benzene rings is 1. The van der Waals surface area contributed by atoms with Gasteiger partial charge < -0.3 is 5.32 Å². The fourth-order valence-electron chi connectivity index (χ4n) is 3.92. The second kappa shape index (κ2) is 5.66. The van der Waals surface area contributed by atoms with Crippen LogP contribution < -0.4 is 5.32 Å². The van der Waals surface area contributed by atoms with E-state index in [0.717, 1.165) is 5.69 Å². The van der Waals surface area contributed by atoms with Crippen LogP contribution in [0.3, 0.4) is 0 Å². The molecule has 0 unspecified atom stereocenters. The van der Waals surface area contributed by atoms with Gasteiger partial charge in [0.25, 0.3) is 0 Å². The van der Waals surface area contributed by atoms with Crippen LogP contribution in [0, 0.1) is 16.7 Å². The van der Waals surface area contributed by atoms with Gasteiger partial charge in [0.05, 0.1) is 22.3 Å². The van der Waals surface area contributed by atoms with E-state index >= 15 is 0 Å². The Morgan fingerprint density at radius 3 is 2.50 bits per heavy atom. The van der Waals surface area contributed by atoms with Gasteiger partial charge in [-0.1, -0.05) is 24.4 Å². The van der Waals surface area contributed by atoms with Crippen LogP contribution >= 0.6 is 11.6 Å². The third-order valence-corrected chi connectivity index (χ3v) is 5.50. The van der Waals surface area contributed by atoms with Gasteiger partial charge in [-0.3, -0.25) is 0 Å². The molecule has 1 aromatic carbocycles. The highest BCUT2D eigenvalue weighted by Gasteiger charge is 2.37. The Morgan fingerprint density at radius 1 is 1.15 bits per heavy atom. The molecule has 20 heavy (non-hydrogen) atoms. The van der Waals surface area contributed by atoms with Crippen molar-refractivity contribution >= 4 is 17.3 Å². The van der Waals surface area contributed by atoms with Crippen molar-refractivity contribution in [2.45, 2.75) is 57.4 Å². The number of nitriles is 1. The molecule has 2 nitrogen and oxygen atoms in total. The Kier molecular flexibility index (Phi) is 3.89. The normalized spacial score (nSPS) is 21.8. The van der Waals surface area contributed by atoms with Gasteiger partial charge in [-0.2, -0.15) is 5.26 Å². The first-order valence-electron chi connectivity index (χ1n) is 7.67. The summed E-state index contributed by atoms with van der Waals surface area (Å²) in [5, 5.41) is 13.2. The lowest BCUT2D eigenvalue weighted by atomic mass is 9.71. The summed E-state index contributed by atoms with van der Waals surface area (Å²) in [7, 11) is 0. The van der Waals surface area contributed by atoms with E-state index in [9.17, 15) is 0 Å². The van der Waals surface area contributed by atoms with Crippen LogP contribution in [0.2, 0.25) is 5.02 Å². The molecule has 3 heteroatoms. The van der Waals surface area contributed by atoms with Crippen molar-refractivity contribution in [3.8, 4) is 6.07 Å². The van der Waals surface area contributed by atoms with Crippen LogP contribution in [0.15, 0.2) is 18.2 Å². The van der Waals surface area contributed by atoms with Crippen LogP contribution in [0.4, 0.5) is 5.69 Å². The summed E-state index contributed by atoms with van der Waals surface area (Å²) in [6.45, 7) is 0. The highest BCUT2D eigenvalue weighted by Crippen LogP contribution is 2.49. The fourth-order valence-corrected chi connectivity index (χ4v) is 4.10. The predicted molar refractivity (Wildman–Crippen MR) is 82.9 cm³/mol. The third kappa shape index (κ3) is 2.79. The quantitative estimate of drug-likeness (QED) is 0.819. The molecule has 2 fully saturated rings. The molecule has 1 aromatic rings. The number of hydrogen-bond acceptors (Lipinski definition) is 2. The van der Waals surface area contributed by atoms with Gasteiger partial charge in [-0.25, -0.2) is 0 Å². The molecule has 2 saturated carbocycles.